The first-order chi connectivity index (χ1) is 10.1. The molecule has 9 heteroatoms. The minimum absolute atomic E-state index is 0.00112. The normalized spacial score (nSPS) is 23.2. The summed E-state index contributed by atoms with van der Waals surface area (Å²) in [6.07, 6.45) is -3.95. The molecule has 1 aromatic rings. The molecule has 0 spiro atoms. The minimum atomic E-state index is -4.70. The van der Waals surface area contributed by atoms with Gasteiger partial charge in [-0.05, 0) is 31.0 Å². The van der Waals surface area contributed by atoms with Crippen LogP contribution in [0.25, 0.3) is 0 Å². The second-order valence-corrected chi connectivity index (χ2v) is 7.09. The summed E-state index contributed by atoms with van der Waals surface area (Å²) in [7, 11) is -4.50. The third-order valence-corrected chi connectivity index (χ3v) is 5.78. The van der Waals surface area contributed by atoms with E-state index in [9.17, 15) is 26.4 Å². The average molecular weight is 337 g/mol. The number of amides is 1. The highest BCUT2D eigenvalue weighted by Gasteiger charge is 2.52. The maximum absolute atomic E-state index is 12.7. The highest BCUT2D eigenvalue weighted by Crippen LogP contribution is 2.37. The van der Waals surface area contributed by atoms with Crippen molar-refractivity contribution in [2.45, 2.75) is 35.3 Å². The summed E-state index contributed by atoms with van der Waals surface area (Å²) in [6, 6.07) is 3.19. The highest BCUT2D eigenvalue weighted by molar-refractivity contribution is 7.93. The number of nitrogens with two attached hydrogens (primary N) is 1. The van der Waals surface area contributed by atoms with Crippen molar-refractivity contribution in [1.29, 1.82) is 0 Å². The quantitative estimate of drug-likeness (QED) is 0.912. The first-order valence-corrected chi connectivity index (χ1v) is 7.95. The van der Waals surface area contributed by atoms with Gasteiger partial charge in [0.15, 0.2) is 0 Å². The third kappa shape index (κ3) is 2.70. The van der Waals surface area contributed by atoms with Gasteiger partial charge in [0, 0.05) is 13.0 Å². The third-order valence-electron chi connectivity index (χ3n) is 3.52. The van der Waals surface area contributed by atoms with E-state index in [1.165, 1.54) is 0 Å². The number of carbonyl (C=O) groups is 1. The number of hydrogen-bond acceptors (Lipinski definition) is 4. The fraction of sp³-hybridized carbons (Fsp3) is 0.462. The summed E-state index contributed by atoms with van der Waals surface area (Å²) in [6.45, 7) is 0.00112. The van der Waals surface area contributed by atoms with Crippen LogP contribution in [-0.4, -0.2) is 25.9 Å². The van der Waals surface area contributed by atoms with Crippen molar-refractivity contribution in [2.75, 3.05) is 6.61 Å². The van der Waals surface area contributed by atoms with Gasteiger partial charge in [0.05, 0.1) is 10.5 Å². The Morgan fingerprint density at radius 1 is 1.27 bits per heavy atom. The lowest BCUT2D eigenvalue weighted by Crippen LogP contribution is -2.54. The molecule has 0 aromatic heterocycles. The smallest absolute Gasteiger partial charge is 0.366 e. The van der Waals surface area contributed by atoms with Gasteiger partial charge in [-0.15, -0.1) is 0 Å². The van der Waals surface area contributed by atoms with Crippen LogP contribution in [0.5, 0.6) is 0 Å². The number of primary amides is 1. The molecule has 1 unspecified atom stereocenters. The molecular weight excluding hydrogens is 323 g/mol. The van der Waals surface area contributed by atoms with Crippen LogP contribution in [0.2, 0.25) is 0 Å². The molecule has 1 aliphatic rings. The monoisotopic (exact) mass is 337 g/mol. The minimum Gasteiger partial charge on any atom is -0.366 e. The van der Waals surface area contributed by atoms with Gasteiger partial charge in [0.1, 0.15) is 0 Å². The van der Waals surface area contributed by atoms with Crippen LogP contribution in [0.1, 0.15) is 24.8 Å². The number of carbonyl (C=O) groups excluding carboxylic acids is 1. The summed E-state index contributed by atoms with van der Waals surface area (Å²) >= 11 is 0. The number of alkyl halides is 3. The Bertz CT molecular complexity index is 679. The Hall–Kier alpha value is -1.61. The number of hydrogen-bond donors (Lipinski definition) is 1. The lowest BCUT2D eigenvalue weighted by molar-refractivity contribution is -0.137. The first-order valence-electron chi connectivity index (χ1n) is 6.47. The maximum Gasteiger partial charge on any atom is 0.416 e. The summed E-state index contributed by atoms with van der Waals surface area (Å²) < 4.78 is 68.6. The molecule has 0 bridgehead atoms. The molecule has 2 N–H and O–H groups in total. The van der Waals surface area contributed by atoms with E-state index in [1.807, 2.05) is 0 Å². The van der Waals surface area contributed by atoms with Crippen molar-refractivity contribution in [3.8, 4) is 0 Å². The summed E-state index contributed by atoms with van der Waals surface area (Å²) in [5.41, 5.74) is 4.06. The van der Waals surface area contributed by atoms with Gasteiger partial charge >= 0.3 is 6.18 Å². The van der Waals surface area contributed by atoms with Crippen LogP contribution in [0.3, 0.4) is 0 Å². The van der Waals surface area contributed by atoms with Crippen molar-refractivity contribution in [3.05, 3.63) is 29.8 Å². The fourth-order valence-electron chi connectivity index (χ4n) is 2.34. The maximum atomic E-state index is 12.7. The van der Waals surface area contributed by atoms with Crippen molar-refractivity contribution < 1.29 is 31.1 Å². The van der Waals surface area contributed by atoms with E-state index in [2.05, 4.69) is 0 Å². The standard InChI is InChI=1S/C13H14F3NO4S/c14-13(15,16)9-4-3-5-10(8-9)22(19,20)12(11(17)18)6-1-2-7-21-12/h3-5,8H,1-2,6-7H2,(H2,17,18). The van der Waals surface area contributed by atoms with Gasteiger partial charge in [0.25, 0.3) is 10.8 Å². The molecule has 1 aliphatic heterocycles. The second kappa shape index (κ2) is 5.54. The van der Waals surface area contributed by atoms with Crippen LogP contribution in [0, 0.1) is 0 Å². The van der Waals surface area contributed by atoms with Gasteiger partial charge in [0.2, 0.25) is 9.84 Å². The van der Waals surface area contributed by atoms with Crippen LogP contribution >= 0.6 is 0 Å². The SMILES string of the molecule is NC(=O)C1(S(=O)(=O)c2cccc(C(F)(F)F)c2)CCCCO1. The fourth-order valence-corrected chi connectivity index (χ4v) is 4.17. The first kappa shape index (κ1) is 16.8. The average Bonchev–Trinajstić information content (AvgIpc) is 2.47. The molecule has 2 rings (SSSR count). The largest absolute Gasteiger partial charge is 0.416 e. The lowest BCUT2D eigenvalue weighted by atomic mass is 10.1. The van der Waals surface area contributed by atoms with Crippen molar-refractivity contribution in [3.63, 3.8) is 0 Å². The van der Waals surface area contributed by atoms with Gasteiger partial charge in [-0.25, -0.2) is 8.42 Å². The molecule has 1 heterocycles. The predicted octanol–water partition coefficient (Wildman–Crippen LogP) is 1.86. The molecule has 5 nitrogen and oxygen atoms in total. The van der Waals surface area contributed by atoms with Gasteiger partial charge in [-0.3, -0.25) is 4.79 Å². The van der Waals surface area contributed by atoms with Crippen molar-refractivity contribution >= 4 is 15.7 Å². The van der Waals surface area contributed by atoms with E-state index in [-0.39, 0.29) is 13.0 Å². The molecule has 22 heavy (non-hydrogen) atoms. The molecule has 0 radical (unpaired) electrons. The van der Waals surface area contributed by atoms with E-state index in [4.69, 9.17) is 10.5 Å². The number of ether oxygens (including phenoxy) is 1. The number of halogens is 3. The molecule has 0 aliphatic carbocycles. The Morgan fingerprint density at radius 2 is 1.95 bits per heavy atom. The molecule has 1 saturated heterocycles. The molecule has 1 atom stereocenters. The van der Waals surface area contributed by atoms with Crippen molar-refractivity contribution in [1.82, 2.24) is 0 Å². The molecular formula is C13H14F3NO4S. The highest BCUT2D eigenvalue weighted by atomic mass is 32.2. The summed E-state index contributed by atoms with van der Waals surface area (Å²) in [5.74, 6) is -1.22. The van der Waals surface area contributed by atoms with Crippen LogP contribution in [0.15, 0.2) is 29.2 Å². The molecule has 1 amide bonds. The number of rotatable bonds is 3. The second-order valence-electron chi connectivity index (χ2n) is 4.95. The van der Waals surface area contributed by atoms with Gasteiger partial charge in [-0.2, -0.15) is 13.2 Å². The Morgan fingerprint density at radius 3 is 2.45 bits per heavy atom. The number of sulfone groups is 1. The molecule has 1 fully saturated rings. The molecule has 0 saturated carbocycles. The summed E-state index contributed by atoms with van der Waals surface area (Å²) in [5, 5.41) is 0. The van der Waals surface area contributed by atoms with E-state index < -0.39 is 37.3 Å². The Kier molecular flexibility index (Phi) is 4.22. The van der Waals surface area contributed by atoms with Crippen LogP contribution in [-0.2, 0) is 25.5 Å². The van der Waals surface area contributed by atoms with E-state index in [0.29, 0.717) is 18.9 Å². The van der Waals surface area contributed by atoms with Crippen LogP contribution in [0.4, 0.5) is 13.2 Å². The Labute approximate surface area is 125 Å². The lowest BCUT2D eigenvalue weighted by Gasteiger charge is -2.33. The zero-order valence-electron chi connectivity index (χ0n) is 11.4. The van der Waals surface area contributed by atoms with Gasteiger partial charge in [-0.1, -0.05) is 6.07 Å². The van der Waals surface area contributed by atoms with Crippen LogP contribution < -0.4 is 5.73 Å². The van der Waals surface area contributed by atoms with Crippen molar-refractivity contribution in [2.24, 2.45) is 5.73 Å². The zero-order chi connectivity index (χ0) is 16.6. The summed E-state index contributed by atoms with van der Waals surface area (Å²) in [4.78, 5) is 8.73. The topological polar surface area (TPSA) is 86.5 Å². The van der Waals surface area contributed by atoms with E-state index in [1.54, 1.807) is 0 Å². The van der Waals surface area contributed by atoms with E-state index >= 15 is 0 Å². The molecule has 1 aromatic carbocycles. The van der Waals surface area contributed by atoms with Gasteiger partial charge < -0.3 is 10.5 Å². The molecule has 122 valence electrons. The zero-order valence-corrected chi connectivity index (χ0v) is 12.2. The van der Waals surface area contributed by atoms with E-state index in [0.717, 1.165) is 18.2 Å². The Balaban J connectivity index is 2.56. The predicted molar refractivity (Wildman–Crippen MR) is 70.4 cm³/mol. The number of benzene rings is 1.